The Morgan fingerprint density at radius 3 is 0.905 bits per heavy atom. The van der Waals surface area contributed by atoms with Crippen molar-refractivity contribution in [2.24, 2.45) is 35.5 Å². The normalized spacial score (nSPS) is 18.9. The Labute approximate surface area is 258 Å². The average Bonchev–Trinajstić information content (AvgIpc) is 2.94. The van der Waals surface area contributed by atoms with Gasteiger partial charge in [-0.15, -0.1) is 0 Å². The molecule has 0 bridgehead atoms. The zero-order valence-corrected chi connectivity index (χ0v) is 28.3. The standard InChI is InChI=1S/C36H66O6/c1-28(2)19-13-7-10-16-22-40-34(37)31-25-32(35(38)41-23-17-11-8-14-20-29(3)4)27-33(26-31)36(39)42-24-18-12-9-15-21-30(5)6/h28-33H,7-27H2,1-6H3. The van der Waals surface area contributed by atoms with Crippen molar-refractivity contribution < 1.29 is 28.6 Å². The topological polar surface area (TPSA) is 78.9 Å². The third-order valence-corrected chi connectivity index (χ3v) is 8.47. The molecule has 6 nitrogen and oxygen atoms in total. The molecule has 1 aliphatic carbocycles. The fourth-order valence-electron chi connectivity index (χ4n) is 5.79. The molecule has 1 fully saturated rings. The number of carbonyl (C=O) groups excluding carboxylic acids is 3. The van der Waals surface area contributed by atoms with Gasteiger partial charge in [0.15, 0.2) is 0 Å². The molecule has 246 valence electrons. The van der Waals surface area contributed by atoms with Crippen molar-refractivity contribution in [3.8, 4) is 0 Å². The van der Waals surface area contributed by atoms with Crippen LogP contribution >= 0.6 is 0 Å². The molecule has 42 heavy (non-hydrogen) atoms. The van der Waals surface area contributed by atoms with Gasteiger partial charge in [0.25, 0.3) is 0 Å². The molecule has 0 aliphatic heterocycles. The van der Waals surface area contributed by atoms with Gasteiger partial charge in [-0.05, 0) is 56.3 Å². The number of carbonyl (C=O) groups is 3. The first-order valence-corrected chi connectivity index (χ1v) is 17.6. The van der Waals surface area contributed by atoms with E-state index in [9.17, 15) is 14.4 Å². The minimum absolute atomic E-state index is 0.289. The van der Waals surface area contributed by atoms with E-state index in [2.05, 4.69) is 41.5 Å². The van der Waals surface area contributed by atoms with E-state index < -0.39 is 17.8 Å². The smallest absolute Gasteiger partial charge is 0.308 e. The average molecular weight is 595 g/mol. The highest BCUT2D eigenvalue weighted by Gasteiger charge is 2.41. The minimum Gasteiger partial charge on any atom is -0.465 e. The van der Waals surface area contributed by atoms with Gasteiger partial charge >= 0.3 is 17.9 Å². The molecule has 6 heteroatoms. The van der Waals surface area contributed by atoms with Gasteiger partial charge in [0.1, 0.15) is 0 Å². The van der Waals surface area contributed by atoms with Crippen LogP contribution in [0.15, 0.2) is 0 Å². The highest BCUT2D eigenvalue weighted by Crippen LogP contribution is 2.36. The molecule has 0 amide bonds. The van der Waals surface area contributed by atoms with Crippen LogP contribution in [0.4, 0.5) is 0 Å². The molecular weight excluding hydrogens is 528 g/mol. The minimum atomic E-state index is -0.471. The first kappa shape index (κ1) is 38.4. The number of ether oxygens (including phenoxy) is 3. The maximum absolute atomic E-state index is 13.0. The Kier molecular flexibility index (Phi) is 21.8. The number of hydrogen-bond donors (Lipinski definition) is 0. The van der Waals surface area contributed by atoms with Gasteiger partial charge in [-0.2, -0.15) is 0 Å². The van der Waals surface area contributed by atoms with Gasteiger partial charge in [0, 0.05) is 0 Å². The van der Waals surface area contributed by atoms with E-state index >= 15 is 0 Å². The molecule has 0 unspecified atom stereocenters. The third kappa shape index (κ3) is 19.6. The zero-order chi connectivity index (χ0) is 31.2. The van der Waals surface area contributed by atoms with Crippen molar-refractivity contribution in [2.75, 3.05) is 19.8 Å². The molecule has 0 aromatic rings. The summed E-state index contributed by atoms with van der Waals surface area (Å²) in [4.78, 5) is 39.0. The second kappa shape index (κ2) is 23.8. The van der Waals surface area contributed by atoms with Crippen LogP contribution in [-0.2, 0) is 28.6 Å². The Hall–Kier alpha value is -1.59. The summed E-state index contributed by atoms with van der Waals surface area (Å²) in [7, 11) is 0. The SMILES string of the molecule is CC(C)CCCCCCOC(=O)C1CC(C(=O)OCCCCCCC(C)C)CC(C(=O)OCCCCCCC(C)C)C1. The quantitative estimate of drug-likeness (QED) is 0.0629. The Morgan fingerprint density at radius 1 is 0.429 bits per heavy atom. The molecule has 0 N–H and O–H groups in total. The lowest BCUT2D eigenvalue weighted by atomic mass is 9.75. The van der Waals surface area contributed by atoms with Gasteiger partial charge < -0.3 is 14.2 Å². The Bertz CT molecular complexity index is 615. The van der Waals surface area contributed by atoms with Gasteiger partial charge in [-0.1, -0.05) is 119 Å². The van der Waals surface area contributed by atoms with Crippen LogP contribution < -0.4 is 0 Å². The van der Waals surface area contributed by atoms with E-state index in [1.54, 1.807) is 0 Å². The maximum Gasteiger partial charge on any atom is 0.308 e. The summed E-state index contributed by atoms with van der Waals surface area (Å²) < 4.78 is 16.9. The summed E-state index contributed by atoms with van der Waals surface area (Å²) in [5.41, 5.74) is 0. The van der Waals surface area contributed by atoms with E-state index in [0.29, 0.717) is 39.1 Å². The molecule has 1 saturated carbocycles. The molecule has 0 heterocycles. The lowest BCUT2D eigenvalue weighted by molar-refractivity contribution is -0.161. The predicted octanol–water partition coefficient (Wildman–Crippen LogP) is 9.47. The van der Waals surface area contributed by atoms with Crippen LogP contribution in [0.2, 0.25) is 0 Å². The summed E-state index contributed by atoms with van der Waals surface area (Å²) in [5.74, 6) is -0.118. The fraction of sp³-hybridized carbons (Fsp3) is 0.917. The molecule has 0 saturated heterocycles. The van der Waals surface area contributed by atoms with Crippen molar-refractivity contribution in [3.05, 3.63) is 0 Å². The van der Waals surface area contributed by atoms with E-state index in [1.165, 1.54) is 38.5 Å². The van der Waals surface area contributed by atoms with Crippen molar-refractivity contribution >= 4 is 17.9 Å². The van der Waals surface area contributed by atoms with Crippen molar-refractivity contribution in [1.29, 1.82) is 0 Å². The monoisotopic (exact) mass is 594 g/mol. The molecule has 0 aromatic heterocycles. The molecule has 1 aliphatic rings. The third-order valence-electron chi connectivity index (χ3n) is 8.47. The van der Waals surface area contributed by atoms with Crippen LogP contribution in [0.1, 0.15) is 157 Å². The lowest BCUT2D eigenvalue weighted by Gasteiger charge is -2.31. The summed E-state index contributed by atoms with van der Waals surface area (Å²) >= 11 is 0. The van der Waals surface area contributed by atoms with Crippen LogP contribution in [0.3, 0.4) is 0 Å². The Morgan fingerprint density at radius 2 is 0.667 bits per heavy atom. The first-order valence-electron chi connectivity index (χ1n) is 17.6. The van der Waals surface area contributed by atoms with Crippen molar-refractivity contribution in [1.82, 2.24) is 0 Å². The summed E-state index contributed by atoms with van der Waals surface area (Å²) in [5, 5.41) is 0. The van der Waals surface area contributed by atoms with Crippen LogP contribution in [-0.4, -0.2) is 37.7 Å². The van der Waals surface area contributed by atoms with E-state index in [4.69, 9.17) is 14.2 Å². The Balaban J connectivity index is 2.55. The number of hydrogen-bond acceptors (Lipinski definition) is 6. The summed E-state index contributed by atoms with van der Waals surface area (Å²) in [6.45, 7) is 14.6. The van der Waals surface area contributed by atoms with Gasteiger partial charge in [0.05, 0.1) is 37.6 Å². The predicted molar refractivity (Wildman–Crippen MR) is 171 cm³/mol. The molecular formula is C36H66O6. The number of unbranched alkanes of at least 4 members (excludes halogenated alkanes) is 9. The molecule has 0 radical (unpaired) electrons. The van der Waals surface area contributed by atoms with Gasteiger partial charge in [-0.3, -0.25) is 14.4 Å². The second-order valence-electron chi connectivity index (χ2n) is 14.1. The number of esters is 3. The van der Waals surface area contributed by atoms with Gasteiger partial charge in [-0.25, -0.2) is 0 Å². The number of rotatable bonds is 24. The largest absolute Gasteiger partial charge is 0.465 e. The summed E-state index contributed by atoms with van der Waals surface area (Å²) in [6, 6.07) is 0. The molecule has 1 rings (SSSR count). The second-order valence-corrected chi connectivity index (χ2v) is 14.1. The van der Waals surface area contributed by atoms with E-state index in [-0.39, 0.29) is 17.9 Å². The van der Waals surface area contributed by atoms with E-state index in [0.717, 1.165) is 75.5 Å². The van der Waals surface area contributed by atoms with Gasteiger partial charge in [0.2, 0.25) is 0 Å². The molecule has 0 atom stereocenters. The zero-order valence-electron chi connectivity index (χ0n) is 28.3. The van der Waals surface area contributed by atoms with Crippen molar-refractivity contribution in [3.63, 3.8) is 0 Å². The van der Waals surface area contributed by atoms with E-state index in [1.807, 2.05) is 0 Å². The van der Waals surface area contributed by atoms with Crippen LogP contribution in [0.25, 0.3) is 0 Å². The molecule has 0 aromatic carbocycles. The molecule has 0 spiro atoms. The van der Waals surface area contributed by atoms with Crippen molar-refractivity contribution in [2.45, 2.75) is 157 Å². The first-order chi connectivity index (χ1) is 20.1. The van der Waals surface area contributed by atoms with Crippen LogP contribution in [0.5, 0.6) is 0 Å². The summed E-state index contributed by atoms with van der Waals surface area (Å²) in [6.07, 6.45) is 17.6. The fourth-order valence-corrected chi connectivity index (χ4v) is 5.79. The van der Waals surface area contributed by atoms with Crippen LogP contribution in [0, 0.1) is 35.5 Å². The maximum atomic E-state index is 13.0. The lowest BCUT2D eigenvalue weighted by Crippen LogP contribution is -2.37. The highest BCUT2D eigenvalue weighted by atomic mass is 16.5. The highest BCUT2D eigenvalue weighted by molar-refractivity contribution is 5.80.